The Morgan fingerprint density at radius 1 is 1.09 bits per heavy atom. The summed E-state index contributed by atoms with van der Waals surface area (Å²) in [6.45, 7) is 0.698. The molecule has 4 heterocycles. The highest BCUT2D eigenvalue weighted by atomic mass is 35.5. The largest absolute Gasteiger partial charge is 0.356 e. The molecule has 1 aromatic carbocycles. The number of hydrogen-bond acceptors (Lipinski definition) is 5. The third-order valence-electron chi connectivity index (χ3n) is 5.31. The molecule has 0 bridgehead atoms. The first-order chi connectivity index (χ1) is 15.6. The van der Waals surface area contributed by atoms with E-state index >= 15 is 0 Å². The minimum absolute atomic E-state index is 0.152. The summed E-state index contributed by atoms with van der Waals surface area (Å²) < 4.78 is 34.0. The van der Waals surface area contributed by atoms with Gasteiger partial charge in [-0.3, -0.25) is 0 Å². The minimum atomic E-state index is -2.60. The predicted octanol–water partition coefficient (Wildman–Crippen LogP) is 6.93. The van der Waals surface area contributed by atoms with Gasteiger partial charge < -0.3 is 4.74 Å². The fourth-order valence-corrected chi connectivity index (χ4v) is 4.76. The van der Waals surface area contributed by atoms with Crippen LogP contribution in [0, 0.1) is 0 Å². The van der Waals surface area contributed by atoms with Gasteiger partial charge in [0.1, 0.15) is 10.7 Å². The summed E-state index contributed by atoms with van der Waals surface area (Å²) in [4.78, 5) is 9.39. The number of alkyl halides is 2. The van der Waals surface area contributed by atoms with Crippen LogP contribution in [-0.4, -0.2) is 26.4 Å². The van der Waals surface area contributed by atoms with Crippen molar-refractivity contribution in [2.24, 2.45) is 0 Å². The van der Waals surface area contributed by atoms with E-state index < -0.39 is 6.43 Å². The lowest BCUT2D eigenvalue weighted by Gasteiger charge is -2.25. The molecule has 1 unspecified atom stereocenters. The molecule has 0 radical (unpaired) electrons. The van der Waals surface area contributed by atoms with Gasteiger partial charge in [0.25, 0.3) is 6.43 Å². The van der Waals surface area contributed by atoms with E-state index in [-0.39, 0.29) is 11.9 Å². The van der Waals surface area contributed by atoms with Crippen LogP contribution in [0.4, 0.5) is 8.78 Å². The van der Waals surface area contributed by atoms with Crippen LogP contribution in [0.25, 0.3) is 22.2 Å². The Balaban J connectivity index is 1.58. The molecule has 0 N–H and O–H groups in total. The van der Waals surface area contributed by atoms with Gasteiger partial charge in [0, 0.05) is 23.8 Å². The highest BCUT2D eigenvalue weighted by Gasteiger charge is 2.24. The molecule has 0 saturated carbocycles. The van der Waals surface area contributed by atoms with Gasteiger partial charge >= 0.3 is 0 Å². The van der Waals surface area contributed by atoms with Gasteiger partial charge in [-0.2, -0.15) is 5.10 Å². The Kier molecular flexibility index (Phi) is 6.08. The van der Waals surface area contributed by atoms with E-state index in [4.69, 9.17) is 16.3 Å². The van der Waals surface area contributed by atoms with Gasteiger partial charge in [0.15, 0.2) is 6.23 Å². The van der Waals surface area contributed by atoms with Gasteiger partial charge in [-0.05, 0) is 49.6 Å². The summed E-state index contributed by atoms with van der Waals surface area (Å²) in [7, 11) is 0. The minimum Gasteiger partial charge on any atom is -0.356 e. The highest BCUT2D eigenvalue weighted by molar-refractivity contribution is 7.99. The number of aromatic nitrogens is 4. The third kappa shape index (κ3) is 4.35. The zero-order valence-electron chi connectivity index (χ0n) is 16.9. The molecule has 1 aliphatic heterocycles. The lowest BCUT2D eigenvalue weighted by Crippen LogP contribution is -2.20. The van der Waals surface area contributed by atoms with E-state index in [2.05, 4.69) is 15.1 Å². The van der Waals surface area contributed by atoms with E-state index in [1.54, 1.807) is 24.4 Å². The van der Waals surface area contributed by atoms with Crippen molar-refractivity contribution in [1.82, 2.24) is 19.7 Å². The number of rotatable bonds is 5. The van der Waals surface area contributed by atoms with E-state index in [0.717, 1.165) is 45.8 Å². The quantitative estimate of drug-likeness (QED) is 0.315. The first kappa shape index (κ1) is 21.3. The van der Waals surface area contributed by atoms with Gasteiger partial charge in [0.2, 0.25) is 0 Å². The maximum atomic E-state index is 13.0. The second-order valence-corrected chi connectivity index (χ2v) is 8.98. The van der Waals surface area contributed by atoms with Crippen molar-refractivity contribution in [3.8, 4) is 11.3 Å². The molecule has 5 nitrogen and oxygen atoms in total. The molecule has 1 aliphatic rings. The summed E-state index contributed by atoms with van der Waals surface area (Å²) >= 11 is 7.47. The SMILES string of the molecule is FC(F)c1ccc2cc(-c3c(Sc4ccc(Cl)cn4)cnn3C3CCCCO3)ccc2n1. The normalized spacial score (nSPS) is 16.7. The van der Waals surface area contributed by atoms with Crippen LogP contribution in [0.2, 0.25) is 5.02 Å². The molecule has 1 saturated heterocycles. The molecule has 0 spiro atoms. The number of halogens is 3. The van der Waals surface area contributed by atoms with Crippen molar-refractivity contribution in [1.29, 1.82) is 0 Å². The first-order valence-electron chi connectivity index (χ1n) is 10.3. The van der Waals surface area contributed by atoms with E-state index in [1.165, 1.54) is 17.8 Å². The van der Waals surface area contributed by atoms with Crippen molar-refractivity contribution >= 4 is 34.3 Å². The van der Waals surface area contributed by atoms with Crippen LogP contribution < -0.4 is 0 Å². The zero-order valence-corrected chi connectivity index (χ0v) is 18.5. The van der Waals surface area contributed by atoms with Gasteiger partial charge in [0.05, 0.1) is 27.3 Å². The number of ether oxygens (including phenoxy) is 1. The molecule has 4 aromatic rings. The topological polar surface area (TPSA) is 52.8 Å². The van der Waals surface area contributed by atoms with Crippen molar-refractivity contribution < 1.29 is 13.5 Å². The second-order valence-electron chi connectivity index (χ2n) is 7.48. The first-order valence-corrected chi connectivity index (χ1v) is 11.5. The molecule has 32 heavy (non-hydrogen) atoms. The second kappa shape index (κ2) is 9.13. The third-order valence-corrected chi connectivity index (χ3v) is 6.51. The lowest BCUT2D eigenvalue weighted by molar-refractivity contribution is -0.0384. The fraction of sp³-hybridized carbons (Fsp3) is 0.261. The number of hydrogen-bond donors (Lipinski definition) is 0. The van der Waals surface area contributed by atoms with Crippen molar-refractivity contribution in [2.45, 2.75) is 41.8 Å². The standard InChI is InChI=1S/C23H19ClF2N4OS/c24-16-6-9-20(27-12-16)32-19-13-28-30(21-3-1-2-10-31-21)22(19)15-5-7-17-14(11-15)4-8-18(29-17)23(25)26/h4-9,11-13,21,23H,1-3,10H2. The number of benzene rings is 1. The summed E-state index contributed by atoms with van der Waals surface area (Å²) in [5.74, 6) is 0. The number of nitrogens with zero attached hydrogens (tertiary/aromatic N) is 4. The highest BCUT2D eigenvalue weighted by Crippen LogP contribution is 2.39. The average Bonchev–Trinajstić information content (AvgIpc) is 3.24. The van der Waals surface area contributed by atoms with Gasteiger partial charge in [-0.15, -0.1) is 0 Å². The zero-order chi connectivity index (χ0) is 22.1. The average molecular weight is 473 g/mol. The molecule has 0 amide bonds. The molecule has 164 valence electrons. The summed E-state index contributed by atoms with van der Waals surface area (Å²) in [5, 5.41) is 6.80. The summed E-state index contributed by atoms with van der Waals surface area (Å²) in [5.41, 5.74) is 2.11. The van der Waals surface area contributed by atoms with E-state index in [0.29, 0.717) is 17.1 Å². The maximum absolute atomic E-state index is 13.0. The molecule has 1 atom stereocenters. The molecule has 0 aliphatic carbocycles. The molecule has 9 heteroatoms. The number of fused-ring (bicyclic) bond motifs is 1. The maximum Gasteiger partial charge on any atom is 0.280 e. The number of pyridine rings is 2. The summed E-state index contributed by atoms with van der Waals surface area (Å²) in [6.07, 6.45) is 3.67. The smallest absolute Gasteiger partial charge is 0.280 e. The molecular weight excluding hydrogens is 454 g/mol. The van der Waals surface area contributed by atoms with E-state index in [9.17, 15) is 8.78 Å². The Morgan fingerprint density at radius 2 is 2.00 bits per heavy atom. The van der Waals surface area contributed by atoms with Crippen LogP contribution >= 0.6 is 23.4 Å². The van der Waals surface area contributed by atoms with Gasteiger partial charge in [-0.25, -0.2) is 23.4 Å². The molecular formula is C23H19ClF2N4OS. The van der Waals surface area contributed by atoms with E-state index in [1.807, 2.05) is 29.1 Å². The molecule has 1 fully saturated rings. The Labute approximate surface area is 192 Å². The predicted molar refractivity (Wildman–Crippen MR) is 120 cm³/mol. The van der Waals surface area contributed by atoms with Crippen molar-refractivity contribution in [2.75, 3.05) is 6.61 Å². The summed E-state index contributed by atoms with van der Waals surface area (Å²) in [6, 6.07) is 12.3. The van der Waals surface area contributed by atoms with Crippen molar-refractivity contribution in [3.05, 3.63) is 65.6 Å². The monoisotopic (exact) mass is 472 g/mol. The van der Waals surface area contributed by atoms with Crippen LogP contribution in [0.15, 0.2) is 64.8 Å². The van der Waals surface area contributed by atoms with Gasteiger partial charge in [-0.1, -0.05) is 35.5 Å². The van der Waals surface area contributed by atoms with Crippen molar-refractivity contribution in [3.63, 3.8) is 0 Å². The molecule has 5 rings (SSSR count). The Hall–Kier alpha value is -2.55. The molecule has 3 aromatic heterocycles. The lowest BCUT2D eigenvalue weighted by atomic mass is 10.1. The van der Waals surface area contributed by atoms with Crippen LogP contribution in [0.5, 0.6) is 0 Å². The van der Waals surface area contributed by atoms with Crippen LogP contribution in [-0.2, 0) is 4.74 Å². The Morgan fingerprint density at radius 3 is 2.75 bits per heavy atom. The van der Waals surface area contributed by atoms with Crippen LogP contribution in [0.1, 0.15) is 37.6 Å². The fourth-order valence-electron chi connectivity index (χ4n) is 3.78. The Bertz CT molecular complexity index is 1240. The van der Waals surface area contributed by atoms with Crippen LogP contribution in [0.3, 0.4) is 0 Å².